The van der Waals surface area contributed by atoms with E-state index in [4.69, 9.17) is 5.53 Å². The molecule has 0 bridgehead atoms. The lowest BCUT2D eigenvalue weighted by Crippen LogP contribution is -2.13. The third-order valence-electron chi connectivity index (χ3n) is 0.845. The maximum atomic E-state index is 10.2. The Hall–Kier alpha value is -1.42. The number of carbonyl (C=O) groups is 1. The van der Waals surface area contributed by atoms with Crippen molar-refractivity contribution in [2.24, 2.45) is 5.11 Å². The molecule has 1 unspecified atom stereocenters. The van der Waals surface area contributed by atoms with Gasteiger partial charge in [0, 0.05) is 4.91 Å². The fraction of sp³-hybridized carbons (Fsp3) is 0.667. The summed E-state index contributed by atoms with van der Waals surface area (Å²) in [5.41, 5.74) is 7.85. The van der Waals surface area contributed by atoms with E-state index in [-0.39, 0.29) is 6.54 Å². The van der Waals surface area contributed by atoms with Gasteiger partial charge in [0.1, 0.15) is 0 Å². The Morgan fingerprint density at radius 3 is 3.22 bits per heavy atom. The molecule has 1 amide bonds. The Kier molecular flexibility index (Phi) is 1.42. The lowest BCUT2D eigenvalue weighted by molar-refractivity contribution is 0.143. The van der Waals surface area contributed by atoms with Crippen molar-refractivity contribution in [3.05, 3.63) is 10.4 Å². The number of cyclic esters (lactones) is 1. The molecule has 1 aliphatic rings. The normalized spacial score (nSPS) is 24.0. The first kappa shape index (κ1) is 5.71. The van der Waals surface area contributed by atoms with Gasteiger partial charge in [0.2, 0.25) is 0 Å². The lowest BCUT2D eigenvalue weighted by atomic mass is 10.6. The second-order valence-corrected chi connectivity index (χ2v) is 1.45. The summed E-state index contributed by atoms with van der Waals surface area (Å²) in [5.74, 6) is 0. The number of nitrogens with zero attached hydrogens (tertiary/aromatic N) is 3. The Labute approximate surface area is 50.4 Å². The Balaban J connectivity index is 2.48. The number of carbonyl (C=O) groups excluding carboxylic acids is 1. The molecule has 48 valence electrons. The smallest absolute Gasteiger partial charge is 0.407 e. The molecular formula is C3H4N4O2. The number of amides is 1. The predicted octanol–water partition coefficient (Wildman–Crippen LogP) is 0.363. The lowest BCUT2D eigenvalue weighted by Gasteiger charge is -1.93. The average molecular weight is 128 g/mol. The molecule has 1 aliphatic heterocycles. The zero-order valence-corrected chi connectivity index (χ0v) is 4.44. The van der Waals surface area contributed by atoms with Crippen molar-refractivity contribution in [3.63, 3.8) is 0 Å². The summed E-state index contributed by atoms with van der Waals surface area (Å²) in [7, 11) is 0. The molecule has 0 aromatic carbocycles. The van der Waals surface area contributed by atoms with E-state index in [2.05, 4.69) is 20.1 Å². The standard InChI is InChI=1S/C3H4N4O2/c4-7-6-2-1-5-3(8)9-2/h2H,1H2,(H,5,8). The zero-order chi connectivity index (χ0) is 6.69. The molecule has 0 spiro atoms. The van der Waals surface area contributed by atoms with Crippen molar-refractivity contribution >= 4 is 6.09 Å². The first-order chi connectivity index (χ1) is 4.33. The van der Waals surface area contributed by atoms with E-state index in [0.29, 0.717) is 0 Å². The second kappa shape index (κ2) is 2.23. The molecular weight excluding hydrogens is 124 g/mol. The average Bonchev–Trinajstić information content (AvgIpc) is 2.17. The number of hydrogen-bond acceptors (Lipinski definition) is 3. The summed E-state index contributed by atoms with van der Waals surface area (Å²) < 4.78 is 4.43. The number of azide groups is 1. The number of rotatable bonds is 1. The molecule has 0 aromatic heterocycles. The highest BCUT2D eigenvalue weighted by Crippen LogP contribution is 1.99. The van der Waals surface area contributed by atoms with Crippen LogP contribution >= 0.6 is 0 Å². The van der Waals surface area contributed by atoms with Crippen LogP contribution in [0, 0.1) is 0 Å². The highest BCUT2D eigenvalue weighted by atomic mass is 16.6. The minimum absolute atomic E-state index is 0.267. The summed E-state index contributed by atoms with van der Waals surface area (Å²) in [6.45, 7) is 0.267. The van der Waals surface area contributed by atoms with Crippen LogP contribution in [0.3, 0.4) is 0 Å². The van der Waals surface area contributed by atoms with Crippen molar-refractivity contribution in [2.75, 3.05) is 6.54 Å². The first-order valence-corrected chi connectivity index (χ1v) is 2.31. The van der Waals surface area contributed by atoms with E-state index in [0.717, 1.165) is 0 Å². The topological polar surface area (TPSA) is 87.1 Å². The fourth-order valence-corrected chi connectivity index (χ4v) is 0.500. The van der Waals surface area contributed by atoms with Crippen LogP contribution in [0.2, 0.25) is 0 Å². The molecule has 0 aromatic rings. The summed E-state index contributed by atoms with van der Waals surface area (Å²) in [4.78, 5) is 12.7. The van der Waals surface area contributed by atoms with Crippen molar-refractivity contribution in [3.8, 4) is 0 Å². The van der Waals surface area contributed by atoms with Gasteiger partial charge in [0.05, 0.1) is 6.54 Å². The van der Waals surface area contributed by atoms with E-state index < -0.39 is 12.3 Å². The van der Waals surface area contributed by atoms with Gasteiger partial charge in [-0.05, 0) is 10.6 Å². The molecule has 1 N–H and O–H groups in total. The van der Waals surface area contributed by atoms with Crippen LogP contribution < -0.4 is 5.32 Å². The molecule has 0 saturated carbocycles. The van der Waals surface area contributed by atoms with E-state index >= 15 is 0 Å². The first-order valence-electron chi connectivity index (χ1n) is 2.31. The number of nitrogens with one attached hydrogen (secondary N) is 1. The number of hydrogen-bond donors (Lipinski definition) is 1. The van der Waals surface area contributed by atoms with Crippen LogP contribution in [0.5, 0.6) is 0 Å². The number of alkyl carbamates (subject to hydrolysis) is 1. The highest BCUT2D eigenvalue weighted by molar-refractivity contribution is 5.69. The molecule has 1 saturated heterocycles. The predicted molar refractivity (Wildman–Crippen MR) is 27.4 cm³/mol. The van der Waals surface area contributed by atoms with E-state index in [9.17, 15) is 4.79 Å². The van der Waals surface area contributed by atoms with Crippen molar-refractivity contribution < 1.29 is 9.53 Å². The van der Waals surface area contributed by atoms with Crippen LogP contribution in [0.1, 0.15) is 0 Å². The molecule has 1 heterocycles. The molecule has 1 rings (SSSR count). The van der Waals surface area contributed by atoms with Crippen molar-refractivity contribution in [1.82, 2.24) is 5.32 Å². The van der Waals surface area contributed by atoms with Crippen LogP contribution in [0.15, 0.2) is 5.11 Å². The minimum Gasteiger partial charge on any atom is -0.438 e. The largest absolute Gasteiger partial charge is 0.438 e. The third-order valence-corrected chi connectivity index (χ3v) is 0.845. The van der Waals surface area contributed by atoms with E-state index in [1.54, 1.807) is 0 Å². The van der Waals surface area contributed by atoms with Crippen LogP contribution in [-0.4, -0.2) is 18.9 Å². The monoisotopic (exact) mass is 128 g/mol. The van der Waals surface area contributed by atoms with Gasteiger partial charge < -0.3 is 10.1 Å². The van der Waals surface area contributed by atoms with Gasteiger partial charge in [-0.1, -0.05) is 0 Å². The van der Waals surface area contributed by atoms with Gasteiger partial charge >= 0.3 is 6.09 Å². The SMILES string of the molecule is [N-]=[N+]=NC1CNC(=O)O1. The fourth-order valence-electron chi connectivity index (χ4n) is 0.500. The van der Waals surface area contributed by atoms with Gasteiger partial charge in [-0.25, -0.2) is 4.79 Å². The van der Waals surface area contributed by atoms with Crippen LogP contribution in [0.25, 0.3) is 10.4 Å². The summed E-state index contributed by atoms with van der Waals surface area (Å²) in [6.07, 6.45) is -1.20. The molecule has 6 heteroatoms. The molecule has 1 fully saturated rings. The van der Waals surface area contributed by atoms with Gasteiger partial charge in [0.25, 0.3) is 0 Å². The zero-order valence-electron chi connectivity index (χ0n) is 4.44. The van der Waals surface area contributed by atoms with Gasteiger partial charge in [-0.2, -0.15) is 0 Å². The van der Waals surface area contributed by atoms with Crippen LogP contribution in [0.4, 0.5) is 4.79 Å². The minimum atomic E-state index is -0.664. The molecule has 0 radical (unpaired) electrons. The van der Waals surface area contributed by atoms with Crippen molar-refractivity contribution in [1.29, 1.82) is 0 Å². The highest BCUT2D eigenvalue weighted by Gasteiger charge is 2.19. The van der Waals surface area contributed by atoms with Gasteiger partial charge in [0.15, 0.2) is 6.23 Å². The Bertz CT molecular complexity index is 173. The third kappa shape index (κ3) is 1.23. The summed E-state index contributed by atoms with van der Waals surface area (Å²) in [5, 5.41) is 5.48. The molecule has 0 aliphatic carbocycles. The second-order valence-electron chi connectivity index (χ2n) is 1.45. The Morgan fingerprint density at radius 1 is 2.00 bits per heavy atom. The van der Waals surface area contributed by atoms with E-state index in [1.807, 2.05) is 0 Å². The van der Waals surface area contributed by atoms with Gasteiger partial charge in [-0.3, -0.25) is 0 Å². The maximum Gasteiger partial charge on any atom is 0.407 e. The van der Waals surface area contributed by atoms with Crippen LogP contribution in [-0.2, 0) is 4.74 Å². The maximum absolute atomic E-state index is 10.2. The van der Waals surface area contributed by atoms with E-state index in [1.165, 1.54) is 0 Å². The quantitative estimate of drug-likeness (QED) is 0.314. The number of ether oxygens (including phenoxy) is 1. The van der Waals surface area contributed by atoms with Gasteiger partial charge in [-0.15, -0.1) is 0 Å². The summed E-state index contributed by atoms with van der Waals surface area (Å²) in [6, 6.07) is 0. The molecule has 1 atom stereocenters. The van der Waals surface area contributed by atoms with Crippen molar-refractivity contribution in [2.45, 2.75) is 6.23 Å². The molecule has 6 nitrogen and oxygen atoms in total. The summed E-state index contributed by atoms with van der Waals surface area (Å²) >= 11 is 0. The Morgan fingerprint density at radius 2 is 2.78 bits per heavy atom. The molecule has 9 heavy (non-hydrogen) atoms.